The Bertz CT molecular complexity index is 1010. The number of nitrogens with zero attached hydrogens (tertiary/aromatic N) is 3. The normalized spacial score (nSPS) is 12.6. The lowest BCUT2D eigenvalue weighted by Gasteiger charge is -2.19. The van der Waals surface area contributed by atoms with Crippen LogP contribution in [0.5, 0.6) is 0 Å². The van der Waals surface area contributed by atoms with Crippen molar-refractivity contribution in [2.45, 2.75) is 38.6 Å². The summed E-state index contributed by atoms with van der Waals surface area (Å²) in [5.74, 6) is -2.19. The topological polar surface area (TPSA) is 59.8 Å². The van der Waals surface area contributed by atoms with E-state index < -0.39 is 17.7 Å². The van der Waals surface area contributed by atoms with Crippen LogP contribution >= 0.6 is 0 Å². The Morgan fingerprint density at radius 3 is 2.34 bits per heavy atom. The van der Waals surface area contributed by atoms with E-state index in [-0.39, 0.29) is 17.7 Å². The number of halogens is 2. The summed E-state index contributed by atoms with van der Waals surface area (Å²) in [6.07, 6.45) is 1.79. The first-order valence-electron chi connectivity index (χ1n) is 9.33. The predicted octanol–water partition coefficient (Wildman–Crippen LogP) is 3.84. The molecule has 0 radical (unpaired) electrons. The first-order chi connectivity index (χ1) is 13.6. The number of nitrogens with one attached hydrogen (secondary N) is 1. The molecule has 0 spiro atoms. The monoisotopic (exact) mass is 398 g/mol. The molecule has 29 heavy (non-hydrogen) atoms. The third-order valence-electron chi connectivity index (χ3n) is 4.68. The smallest absolute Gasteiger partial charge is 0.225 e. The molecule has 0 aliphatic rings. The molecule has 1 aromatic heterocycles. The summed E-state index contributed by atoms with van der Waals surface area (Å²) in [4.78, 5) is 12.7. The van der Waals surface area contributed by atoms with Gasteiger partial charge in [0, 0.05) is 7.05 Å². The lowest BCUT2D eigenvalue weighted by Crippen LogP contribution is -2.31. The molecule has 1 N–H and O–H groups in total. The first-order valence-corrected chi connectivity index (χ1v) is 9.33. The summed E-state index contributed by atoms with van der Waals surface area (Å²) < 4.78 is 28.6. The number of rotatable bonds is 5. The van der Waals surface area contributed by atoms with Crippen LogP contribution in [0.4, 0.5) is 8.78 Å². The van der Waals surface area contributed by atoms with Crippen molar-refractivity contribution >= 4 is 5.91 Å². The molecule has 1 unspecified atom stereocenters. The summed E-state index contributed by atoms with van der Waals surface area (Å²) in [6.45, 7) is 6.38. The standard InChI is InChI=1S/C22H24F2N4O/c1-22(2,3)16-8-5-14(6-9-16)11-20(29)25-21(19-13-28(4)27-26-19)15-7-10-17(23)18(24)12-15/h5-10,12-13,21H,11H2,1-4H3,(H,25,29). The molecular formula is C22H24F2N4O. The van der Waals surface area contributed by atoms with E-state index in [9.17, 15) is 13.6 Å². The van der Waals surface area contributed by atoms with Crippen LogP contribution in [-0.4, -0.2) is 20.9 Å². The Kier molecular flexibility index (Phi) is 5.77. The van der Waals surface area contributed by atoms with Gasteiger partial charge in [0.15, 0.2) is 11.6 Å². The number of carbonyl (C=O) groups is 1. The van der Waals surface area contributed by atoms with Crippen LogP contribution < -0.4 is 5.32 Å². The fraction of sp³-hybridized carbons (Fsp3) is 0.318. The van der Waals surface area contributed by atoms with Gasteiger partial charge in [0.25, 0.3) is 0 Å². The largest absolute Gasteiger partial charge is 0.343 e. The highest BCUT2D eigenvalue weighted by molar-refractivity contribution is 5.79. The van der Waals surface area contributed by atoms with Gasteiger partial charge in [-0.2, -0.15) is 0 Å². The molecular weight excluding hydrogens is 374 g/mol. The van der Waals surface area contributed by atoms with E-state index in [0.717, 1.165) is 17.7 Å². The third kappa shape index (κ3) is 5.04. The SMILES string of the molecule is Cn1cc(C(NC(=O)Cc2ccc(C(C)(C)C)cc2)c2ccc(F)c(F)c2)nn1. The third-order valence-corrected chi connectivity index (χ3v) is 4.68. The molecule has 0 saturated carbocycles. The molecule has 0 fully saturated rings. The summed E-state index contributed by atoms with van der Waals surface area (Å²) >= 11 is 0. The lowest BCUT2D eigenvalue weighted by atomic mass is 9.86. The van der Waals surface area contributed by atoms with Crippen LogP contribution in [0.3, 0.4) is 0 Å². The van der Waals surface area contributed by atoms with E-state index in [4.69, 9.17) is 0 Å². The summed E-state index contributed by atoms with van der Waals surface area (Å²) in [5, 5.41) is 10.8. The number of hydrogen-bond acceptors (Lipinski definition) is 3. The average molecular weight is 398 g/mol. The molecule has 0 bridgehead atoms. The van der Waals surface area contributed by atoms with Crippen LogP contribution in [0.1, 0.15) is 49.2 Å². The zero-order valence-corrected chi connectivity index (χ0v) is 16.9. The second kappa shape index (κ2) is 8.11. The molecule has 0 aliphatic heterocycles. The Hall–Kier alpha value is -3.09. The molecule has 2 aromatic carbocycles. The quantitative estimate of drug-likeness (QED) is 0.710. The van der Waals surface area contributed by atoms with E-state index >= 15 is 0 Å². The molecule has 0 aliphatic carbocycles. The number of carbonyl (C=O) groups excluding carboxylic acids is 1. The predicted molar refractivity (Wildman–Crippen MR) is 106 cm³/mol. The zero-order valence-electron chi connectivity index (χ0n) is 16.9. The van der Waals surface area contributed by atoms with Crippen molar-refractivity contribution in [2.24, 2.45) is 7.05 Å². The number of aromatic nitrogens is 3. The molecule has 1 amide bonds. The minimum Gasteiger partial charge on any atom is -0.343 e. The van der Waals surface area contributed by atoms with Gasteiger partial charge < -0.3 is 5.32 Å². The van der Waals surface area contributed by atoms with Gasteiger partial charge in [-0.15, -0.1) is 5.10 Å². The highest BCUT2D eigenvalue weighted by atomic mass is 19.2. The molecule has 1 heterocycles. The molecule has 7 heteroatoms. The Morgan fingerprint density at radius 2 is 1.79 bits per heavy atom. The van der Waals surface area contributed by atoms with E-state index in [1.165, 1.54) is 16.3 Å². The highest BCUT2D eigenvalue weighted by Gasteiger charge is 2.22. The second-order valence-corrected chi connectivity index (χ2v) is 8.11. The van der Waals surface area contributed by atoms with Gasteiger partial charge in [-0.1, -0.05) is 56.3 Å². The van der Waals surface area contributed by atoms with Gasteiger partial charge in [0.05, 0.1) is 12.6 Å². The molecule has 152 valence electrons. The summed E-state index contributed by atoms with van der Waals surface area (Å²) in [6, 6.07) is 10.7. The Morgan fingerprint density at radius 1 is 1.10 bits per heavy atom. The van der Waals surface area contributed by atoms with Crippen molar-refractivity contribution in [3.63, 3.8) is 0 Å². The highest BCUT2D eigenvalue weighted by Crippen LogP contribution is 2.24. The van der Waals surface area contributed by atoms with E-state index in [1.807, 2.05) is 24.3 Å². The van der Waals surface area contributed by atoms with Gasteiger partial charge in [-0.25, -0.2) is 8.78 Å². The number of hydrogen-bond donors (Lipinski definition) is 1. The first kappa shape index (κ1) is 20.6. The maximum Gasteiger partial charge on any atom is 0.225 e. The van der Waals surface area contributed by atoms with Crippen molar-refractivity contribution < 1.29 is 13.6 Å². The Balaban J connectivity index is 1.80. The minimum absolute atomic E-state index is 0.0323. The molecule has 3 rings (SSSR count). The van der Waals surface area contributed by atoms with Crippen molar-refractivity contribution in [2.75, 3.05) is 0 Å². The number of benzene rings is 2. The second-order valence-electron chi connectivity index (χ2n) is 8.11. The summed E-state index contributed by atoms with van der Waals surface area (Å²) in [5.41, 5.74) is 2.90. The van der Waals surface area contributed by atoms with Crippen LogP contribution in [0.2, 0.25) is 0 Å². The van der Waals surface area contributed by atoms with Crippen molar-refractivity contribution in [3.05, 3.63) is 82.7 Å². The van der Waals surface area contributed by atoms with Gasteiger partial charge in [0.1, 0.15) is 11.7 Å². The van der Waals surface area contributed by atoms with Crippen LogP contribution in [0, 0.1) is 11.6 Å². The van der Waals surface area contributed by atoms with Crippen LogP contribution in [0.25, 0.3) is 0 Å². The zero-order chi connectivity index (χ0) is 21.2. The van der Waals surface area contributed by atoms with Crippen molar-refractivity contribution in [1.82, 2.24) is 20.3 Å². The van der Waals surface area contributed by atoms with Gasteiger partial charge in [0.2, 0.25) is 5.91 Å². The fourth-order valence-corrected chi connectivity index (χ4v) is 3.04. The average Bonchev–Trinajstić information content (AvgIpc) is 3.08. The minimum atomic E-state index is -0.983. The van der Waals surface area contributed by atoms with Crippen LogP contribution in [-0.2, 0) is 23.7 Å². The molecule has 5 nitrogen and oxygen atoms in total. The van der Waals surface area contributed by atoms with E-state index in [0.29, 0.717) is 11.3 Å². The van der Waals surface area contributed by atoms with Crippen molar-refractivity contribution in [1.29, 1.82) is 0 Å². The Labute approximate surface area is 168 Å². The number of amides is 1. The maximum atomic E-state index is 13.7. The maximum absolute atomic E-state index is 13.7. The molecule has 1 atom stereocenters. The van der Waals surface area contributed by atoms with Gasteiger partial charge >= 0.3 is 0 Å². The van der Waals surface area contributed by atoms with E-state index in [2.05, 4.69) is 36.4 Å². The van der Waals surface area contributed by atoms with E-state index in [1.54, 1.807) is 13.2 Å². The number of aryl methyl sites for hydroxylation is 1. The fourth-order valence-electron chi connectivity index (χ4n) is 3.04. The van der Waals surface area contributed by atoms with Gasteiger partial charge in [-0.3, -0.25) is 9.48 Å². The van der Waals surface area contributed by atoms with Gasteiger partial charge in [-0.05, 0) is 34.2 Å². The van der Waals surface area contributed by atoms with Crippen LogP contribution in [0.15, 0.2) is 48.7 Å². The lowest BCUT2D eigenvalue weighted by molar-refractivity contribution is -0.121. The molecule has 0 saturated heterocycles. The summed E-state index contributed by atoms with van der Waals surface area (Å²) in [7, 11) is 1.69. The molecule has 3 aromatic rings. The van der Waals surface area contributed by atoms with Crippen molar-refractivity contribution in [3.8, 4) is 0 Å².